The Labute approximate surface area is 105 Å². The summed E-state index contributed by atoms with van der Waals surface area (Å²) in [5.41, 5.74) is 7.07. The van der Waals surface area contributed by atoms with Crippen LogP contribution in [0.15, 0.2) is 24.3 Å². The van der Waals surface area contributed by atoms with Gasteiger partial charge in [-0.15, -0.1) is 0 Å². The molecule has 0 heterocycles. The molecule has 1 aromatic rings. The van der Waals surface area contributed by atoms with Crippen LogP contribution in [0, 0.1) is 0 Å². The topological polar surface area (TPSA) is 81.4 Å². The molecule has 2 rings (SSSR count). The predicted molar refractivity (Wildman–Crippen MR) is 65.6 cm³/mol. The van der Waals surface area contributed by atoms with E-state index >= 15 is 0 Å². The fourth-order valence-electron chi connectivity index (χ4n) is 2.39. The van der Waals surface area contributed by atoms with E-state index in [0.29, 0.717) is 12.8 Å². The Morgan fingerprint density at radius 2 is 1.94 bits per heavy atom. The van der Waals surface area contributed by atoms with Crippen LogP contribution < -0.4 is 11.1 Å². The molecule has 0 saturated heterocycles. The Morgan fingerprint density at radius 1 is 1.28 bits per heavy atom. The second kappa shape index (κ2) is 5.08. The Balaban J connectivity index is 2.28. The third kappa shape index (κ3) is 2.61. The number of carbonyl (C=O) groups excluding carboxylic acids is 2. The molecule has 3 N–H and O–H groups in total. The summed E-state index contributed by atoms with van der Waals surface area (Å²) in [4.78, 5) is 22.0. The standard InChI is InChI=1S/C13H16N2O3/c1-8(16)18-12-7-6-11(15-13(14)17)9-4-2-3-5-10(9)12/h2-5,11-12H,6-7H2,1H3,(H3,14,15,17). The lowest BCUT2D eigenvalue weighted by molar-refractivity contribution is -0.147. The number of amides is 2. The van der Waals surface area contributed by atoms with E-state index in [1.54, 1.807) is 0 Å². The number of primary amides is 1. The van der Waals surface area contributed by atoms with Crippen molar-refractivity contribution in [3.05, 3.63) is 35.4 Å². The highest BCUT2D eigenvalue weighted by atomic mass is 16.5. The molecule has 2 atom stereocenters. The Kier molecular flexibility index (Phi) is 3.50. The molecule has 18 heavy (non-hydrogen) atoms. The van der Waals surface area contributed by atoms with Gasteiger partial charge in [0.2, 0.25) is 0 Å². The second-order valence-electron chi connectivity index (χ2n) is 4.37. The number of ether oxygens (including phenoxy) is 1. The van der Waals surface area contributed by atoms with Crippen LogP contribution in [-0.4, -0.2) is 12.0 Å². The van der Waals surface area contributed by atoms with Crippen molar-refractivity contribution in [2.24, 2.45) is 5.73 Å². The summed E-state index contributed by atoms with van der Waals surface area (Å²) in [6.07, 6.45) is 1.16. The maximum atomic E-state index is 11.1. The molecule has 0 saturated carbocycles. The maximum absolute atomic E-state index is 11.1. The van der Waals surface area contributed by atoms with Crippen LogP contribution in [0.3, 0.4) is 0 Å². The number of carbonyl (C=O) groups is 2. The minimum atomic E-state index is -0.541. The van der Waals surface area contributed by atoms with Crippen LogP contribution in [-0.2, 0) is 9.53 Å². The molecule has 96 valence electrons. The van der Waals surface area contributed by atoms with Crippen molar-refractivity contribution in [3.8, 4) is 0 Å². The van der Waals surface area contributed by atoms with Gasteiger partial charge in [-0.1, -0.05) is 24.3 Å². The largest absolute Gasteiger partial charge is 0.458 e. The molecule has 0 radical (unpaired) electrons. The summed E-state index contributed by atoms with van der Waals surface area (Å²) >= 11 is 0. The summed E-state index contributed by atoms with van der Waals surface area (Å²) in [5.74, 6) is -0.295. The lowest BCUT2D eigenvalue weighted by atomic mass is 9.85. The molecule has 0 fully saturated rings. The van der Waals surface area contributed by atoms with Gasteiger partial charge in [-0.25, -0.2) is 4.79 Å². The zero-order chi connectivity index (χ0) is 13.1. The lowest BCUT2D eigenvalue weighted by Crippen LogP contribution is -2.35. The summed E-state index contributed by atoms with van der Waals surface area (Å²) in [6, 6.07) is 6.97. The minimum absolute atomic E-state index is 0.106. The van der Waals surface area contributed by atoms with E-state index in [1.165, 1.54) is 6.92 Å². The van der Waals surface area contributed by atoms with Crippen molar-refractivity contribution in [1.29, 1.82) is 0 Å². The third-order valence-electron chi connectivity index (χ3n) is 3.06. The number of nitrogens with two attached hydrogens (primary N) is 1. The lowest BCUT2D eigenvalue weighted by Gasteiger charge is -2.31. The van der Waals surface area contributed by atoms with Gasteiger partial charge in [0.05, 0.1) is 6.04 Å². The predicted octanol–water partition coefficient (Wildman–Crippen LogP) is 1.79. The molecule has 1 aliphatic rings. The number of rotatable bonds is 2. The van der Waals surface area contributed by atoms with Crippen molar-refractivity contribution >= 4 is 12.0 Å². The van der Waals surface area contributed by atoms with E-state index in [-0.39, 0.29) is 18.1 Å². The van der Waals surface area contributed by atoms with Gasteiger partial charge < -0.3 is 15.8 Å². The van der Waals surface area contributed by atoms with E-state index in [1.807, 2.05) is 24.3 Å². The van der Waals surface area contributed by atoms with Gasteiger partial charge in [0.15, 0.2) is 0 Å². The summed E-state index contributed by atoms with van der Waals surface area (Å²) in [5, 5.41) is 2.71. The molecular weight excluding hydrogens is 232 g/mol. The summed E-state index contributed by atoms with van der Waals surface area (Å²) in [6.45, 7) is 1.40. The van der Waals surface area contributed by atoms with Crippen molar-refractivity contribution in [2.45, 2.75) is 31.9 Å². The van der Waals surface area contributed by atoms with Crippen molar-refractivity contribution in [2.75, 3.05) is 0 Å². The Bertz CT molecular complexity index is 430. The van der Waals surface area contributed by atoms with Gasteiger partial charge >= 0.3 is 12.0 Å². The molecule has 1 aromatic carbocycles. The van der Waals surface area contributed by atoms with Crippen molar-refractivity contribution in [3.63, 3.8) is 0 Å². The van der Waals surface area contributed by atoms with Gasteiger partial charge in [-0.05, 0) is 24.0 Å². The number of hydrogen-bond acceptors (Lipinski definition) is 3. The smallest absolute Gasteiger partial charge is 0.312 e. The highest BCUT2D eigenvalue weighted by Crippen LogP contribution is 2.37. The first-order valence-electron chi connectivity index (χ1n) is 5.90. The Hall–Kier alpha value is -2.04. The number of benzene rings is 1. The molecule has 5 nitrogen and oxygen atoms in total. The number of fused-ring (bicyclic) bond motifs is 1. The highest BCUT2D eigenvalue weighted by Gasteiger charge is 2.29. The first-order chi connectivity index (χ1) is 8.58. The van der Waals surface area contributed by atoms with Crippen LogP contribution >= 0.6 is 0 Å². The van der Waals surface area contributed by atoms with Gasteiger partial charge in [0.1, 0.15) is 6.10 Å². The maximum Gasteiger partial charge on any atom is 0.312 e. The molecule has 0 aliphatic heterocycles. The number of esters is 1. The van der Waals surface area contributed by atoms with Crippen LogP contribution in [0.4, 0.5) is 4.79 Å². The van der Waals surface area contributed by atoms with E-state index in [2.05, 4.69) is 5.32 Å². The number of urea groups is 1. The fraction of sp³-hybridized carbons (Fsp3) is 0.385. The molecule has 2 unspecified atom stereocenters. The zero-order valence-corrected chi connectivity index (χ0v) is 10.2. The average Bonchev–Trinajstić information content (AvgIpc) is 2.31. The van der Waals surface area contributed by atoms with E-state index in [4.69, 9.17) is 10.5 Å². The molecule has 0 aromatic heterocycles. The van der Waals surface area contributed by atoms with Crippen molar-refractivity contribution < 1.29 is 14.3 Å². The van der Waals surface area contributed by atoms with Gasteiger partial charge in [-0.3, -0.25) is 4.79 Å². The average molecular weight is 248 g/mol. The van der Waals surface area contributed by atoms with E-state index < -0.39 is 6.03 Å². The molecule has 5 heteroatoms. The minimum Gasteiger partial charge on any atom is -0.458 e. The van der Waals surface area contributed by atoms with Crippen LogP contribution in [0.1, 0.15) is 43.0 Å². The SMILES string of the molecule is CC(=O)OC1CCC(NC(N)=O)c2ccccc21. The monoisotopic (exact) mass is 248 g/mol. The molecule has 2 amide bonds. The Morgan fingerprint density at radius 3 is 2.56 bits per heavy atom. The zero-order valence-electron chi connectivity index (χ0n) is 10.2. The second-order valence-corrected chi connectivity index (χ2v) is 4.37. The third-order valence-corrected chi connectivity index (χ3v) is 3.06. The van der Waals surface area contributed by atoms with Crippen LogP contribution in [0.5, 0.6) is 0 Å². The first kappa shape index (κ1) is 12.4. The quantitative estimate of drug-likeness (QED) is 0.783. The normalized spacial score (nSPS) is 21.8. The van der Waals surface area contributed by atoms with Gasteiger partial charge in [0.25, 0.3) is 0 Å². The number of nitrogens with one attached hydrogen (secondary N) is 1. The molecule has 0 bridgehead atoms. The molecule has 1 aliphatic carbocycles. The molecular formula is C13H16N2O3. The first-order valence-corrected chi connectivity index (χ1v) is 5.90. The van der Waals surface area contributed by atoms with Gasteiger partial charge in [-0.2, -0.15) is 0 Å². The van der Waals surface area contributed by atoms with E-state index in [9.17, 15) is 9.59 Å². The summed E-state index contributed by atoms with van der Waals surface area (Å²) in [7, 11) is 0. The fourth-order valence-corrected chi connectivity index (χ4v) is 2.39. The highest BCUT2D eigenvalue weighted by molar-refractivity contribution is 5.72. The van der Waals surface area contributed by atoms with Crippen molar-refractivity contribution in [1.82, 2.24) is 5.32 Å². The van der Waals surface area contributed by atoms with Crippen LogP contribution in [0.2, 0.25) is 0 Å². The molecule has 0 spiro atoms. The summed E-state index contributed by atoms with van der Waals surface area (Å²) < 4.78 is 5.29. The van der Waals surface area contributed by atoms with Crippen LogP contribution in [0.25, 0.3) is 0 Å². The van der Waals surface area contributed by atoms with Gasteiger partial charge in [0, 0.05) is 6.92 Å². The van der Waals surface area contributed by atoms with E-state index in [0.717, 1.165) is 11.1 Å². The number of hydrogen-bond donors (Lipinski definition) is 2.